The second-order valence-electron chi connectivity index (χ2n) is 6.98. The van der Waals surface area contributed by atoms with E-state index in [0.29, 0.717) is 17.3 Å². The van der Waals surface area contributed by atoms with Crippen LogP contribution in [0.15, 0.2) is 83.8 Å². The Kier molecular flexibility index (Phi) is 6.87. The first-order chi connectivity index (χ1) is 15.6. The summed E-state index contributed by atoms with van der Waals surface area (Å²) in [5.41, 5.74) is 1.87. The minimum absolute atomic E-state index is 0.117. The van der Waals surface area contributed by atoms with Crippen molar-refractivity contribution in [2.45, 2.75) is 6.61 Å². The molecule has 3 aromatic rings. The second kappa shape index (κ2) is 10.2. The summed E-state index contributed by atoms with van der Waals surface area (Å²) in [6.45, 7) is 0.717. The summed E-state index contributed by atoms with van der Waals surface area (Å²) in [5.74, 6) is 0.483. The van der Waals surface area contributed by atoms with Crippen LogP contribution in [-0.2, 0) is 11.4 Å². The van der Waals surface area contributed by atoms with Gasteiger partial charge in [-0.05, 0) is 65.4 Å². The Morgan fingerprint density at radius 1 is 0.844 bits per heavy atom. The van der Waals surface area contributed by atoms with Gasteiger partial charge >= 0.3 is 0 Å². The summed E-state index contributed by atoms with van der Waals surface area (Å²) in [6.07, 6.45) is 1.69. The largest absolute Gasteiger partial charge is 0.492 e. The van der Waals surface area contributed by atoms with E-state index in [-0.39, 0.29) is 30.1 Å². The molecule has 2 amide bonds. The average molecular weight is 450 g/mol. The van der Waals surface area contributed by atoms with Crippen LogP contribution in [0.4, 0.5) is 9.18 Å². The molecule has 4 rings (SSSR count). The van der Waals surface area contributed by atoms with Crippen molar-refractivity contribution < 1.29 is 23.5 Å². The molecule has 0 aliphatic carbocycles. The van der Waals surface area contributed by atoms with Gasteiger partial charge in [-0.2, -0.15) is 0 Å². The van der Waals surface area contributed by atoms with Crippen molar-refractivity contribution in [2.24, 2.45) is 0 Å². The van der Waals surface area contributed by atoms with Gasteiger partial charge in [0.05, 0.1) is 11.4 Å². The Labute approximate surface area is 189 Å². The first-order valence-corrected chi connectivity index (χ1v) is 10.8. The fraction of sp³-hybridized carbons (Fsp3) is 0.120. The number of halogens is 1. The van der Waals surface area contributed by atoms with Gasteiger partial charge in [0.25, 0.3) is 11.1 Å². The molecule has 0 radical (unpaired) electrons. The molecule has 5 nitrogen and oxygen atoms in total. The third-order valence-electron chi connectivity index (χ3n) is 4.70. The summed E-state index contributed by atoms with van der Waals surface area (Å²) in [6, 6.07) is 22.8. The van der Waals surface area contributed by atoms with Crippen molar-refractivity contribution in [3.8, 4) is 11.5 Å². The maximum Gasteiger partial charge on any atom is 0.293 e. The number of benzene rings is 3. The van der Waals surface area contributed by atoms with Crippen LogP contribution in [0.25, 0.3) is 6.08 Å². The normalized spacial score (nSPS) is 14.8. The monoisotopic (exact) mass is 449 g/mol. The van der Waals surface area contributed by atoms with Crippen molar-refractivity contribution in [2.75, 3.05) is 13.2 Å². The molecule has 1 aliphatic rings. The smallest absolute Gasteiger partial charge is 0.293 e. The van der Waals surface area contributed by atoms with E-state index in [0.717, 1.165) is 33.5 Å². The van der Waals surface area contributed by atoms with Crippen LogP contribution in [0.2, 0.25) is 0 Å². The number of ether oxygens (including phenoxy) is 2. The van der Waals surface area contributed by atoms with E-state index < -0.39 is 0 Å². The van der Waals surface area contributed by atoms with Gasteiger partial charge in [0.2, 0.25) is 0 Å². The third kappa shape index (κ3) is 5.56. The first-order valence-electron chi connectivity index (χ1n) is 9.99. The molecule has 0 spiro atoms. The van der Waals surface area contributed by atoms with Gasteiger partial charge in [0, 0.05) is 0 Å². The minimum Gasteiger partial charge on any atom is -0.492 e. The Balaban J connectivity index is 1.32. The molecular weight excluding hydrogens is 429 g/mol. The predicted molar refractivity (Wildman–Crippen MR) is 122 cm³/mol. The highest BCUT2D eigenvalue weighted by Gasteiger charge is 2.34. The number of hydrogen-bond donors (Lipinski definition) is 0. The quantitative estimate of drug-likeness (QED) is 0.424. The van der Waals surface area contributed by atoms with E-state index in [9.17, 15) is 14.0 Å². The second-order valence-corrected chi connectivity index (χ2v) is 7.97. The SMILES string of the molecule is O=C1S/C(=C\c2ccc(OCc3ccccc3)cc2)C(=O)N1CCOc1ccc(F)cc1. The van der Waals surface area contributed by atoms with Crippen LogP contribution in [0, 0.1) is 5.82 Å². The van der Waals surface area contributed by atoms with Crippen LogP contribution >= 0.6 is 11.8 Å². The molecule has 0 aromatic heterocycles. The molecule has 0 unspecified atom stereocenters. The molecule has 7 heteroatoms. The molecule has 3 aromatic carbocycles. The van der Waals surface area contributed by atoms with Gasteiger partial charge in [0.15, 0.2) is 0 Å². The summed E-state index contributed by atoms with van der Waals surface area (Å²) in [5, 5.41) is -0.341. The number of carbonyl (C=O) groups is 2. The molecule has 1 fully saturated rings. The highest BCUT2D eigenvalue weighted by atomic mass is 32.2. The fourth-order valence-electron chi connectivity index (χ4n) is 3.03. The first kappa shape index (κ1) is 21.6. The number of nitrogens with zero attached hydrogens (tertiary/aromatic N) is 1. The molecule has 0 N–H and O–H groups in total. The fourth-order valence-corrected chi connectivity index (χ4v) is 3.90. The average Bonchev–Trinajstić information content (AvgIpc) is 3.08. The van der Waals surface area contributed by atoms with Crippen LogP contribution in [-0.4, -0.2) is 29.2 Å². The zero-order valence-electron chi connectivity index (χ0n) is 17.1. The van der Waals surface area contributed by atoms with Gasteiger partial charge in [-0.15, -0.1) is 0 Å². The summed E-state index contributed by atoms with van der Waals surface area (Å²) < 4.78 is 24.2. The lowest BCUT2D eigenvalue weighted by Crippen LogP contribution is -2.32. The third-order valence-corrected chi connectivity index (χ3v) is 5.60. The maximum absolute atomic E-state index is 12.9. The number of thioether (sulfide) groups is 1. The molecule has 1 aliphatic heterocycles. The van der Waals surface area contributed by atoms with E-state index in [4.69, 9.17) is 9.47 Å². The van der Waals surface area contributed by atoms with Crippen molar-refractivity contribution in [1.82, 2.24) is 4.90 Å². The van der Waals surface area contributed by atoms with Crippen molar-refractivity contribution >= 4 is 29.0 Å². The molecular formula is C25H20FNO4S. The van der Waals surface area contributed by atoms with Crippen molar-refractivity contribution in [3.05, 3.63) is 101 Å². The maximum atomic E-state index is 12.9. The predicted octanol–water partition coefficient (Wildman–Crippen LogP) is 5.52. The number of imide groups is 1. The number of amides is 2. The van der Waals surface area contributed by atoms with E-state index in [1.807, 2.05) is 54.6 Å². The van der Waals surface area contributed by atoms with Crippen LogP contribution < -0.4 is 9.47 Å². The van der Waals surface area contributed by atoms with Crippen LogP contribution in [0.3, 0.4) is 0 Å². The summed E-state index contributed by atoms with van der Waals surface area (Å²) in [7, 11) is 0. The Morgan fingerprint density at radius 2 is 1.50 bits per heavy atom. The molecule has 0 atom stereocenters. The Hall–Kier alpha value is -3.58. The van der Waals surface area contributed by atoms with Gasteiger partial charge in [-0.25, -0.2) is 4.39 Å². The highest BCUT2D eigenvalue weighted by molar-refractivity contribution is 8.18. The standard InChI is InChI=1S/C25H20FNO4S/c26-20-8-12-21(13-9-20)30-15-14-27-24(28)23(32-25(27)29)16-18-6-10-22(11-7-18)31-17-19-4-2-1-3-5-19/h1-13,16H,14-15,17H2/b23-16-. The van der Waals surface area contributed by atoms with Gasteiger partial charge < -0.3 is 9.47 Å². The van der Waals surface area contributed by atoms with E-state index in [1.54, 1.807) is 6.08 Å². The topological polar surface area (TPSA) is 55.8 Å². The van der Waals surface area contributed by atoms with Crippen LogP contribution in [0.5, 0.6) is 11.5 Å². The number of carbonyl (C=O) groups excluding carboxylic acids is 2. The van der Waals surface area contributed by atoms with Gasteiger partial charge in [-0.1, -0.05) is 42.5 Å². The molecule has 162 valence electrons. The number of hydrogen-bond acceptors (Lipinski definition) is 5. The zero-order chi connectivity index (χ0) is 22.3. The molecule has 1 saturated heterocycles. The van der Waals surface area contributed by atoms with Crippen molar-refractivity contribution in [1.29, 1.82) is 0 Å². The van der Waals surface area contributed by atoms with Gasteiger partial charge in [-0.3, -0.25) is 14.5 Å². The molecule has 1 heterocycles. The summed E-state index contributed by atoms with van der Waals surface area (Å²) in [4.78, 5) is 26.4. The summed E-state index contributed by atoms with van der Waals surface area (Å²) >= 11 is 0.899. The van der Waals surface area contributed by atoms with Crippen molar-refractivity contribution in [3.63, 3.8) is 0 Å². The van der Waals surface area contributed by atoms with E-state index in [2.05, 4.69) is 0 Å². The molecule has 0 bridgehead atoms. The Morgan fingerprint density at radius 3 is 2.22 bits per heavy atom. The zero-order valence-corrected chi connectivity index (χ0v) is 17.9. The van der Waals surface area contributed by atoms with Crippen LogP contribution in [0.1, 0.15) is 11.1 Å². The number of rotatable bonds is 8. The lowest BCUT2D eigenvalue weighted by Gasteiger charge is -2.13. The van der Waals surface area contributed by atoms with Gasteiger partial charge in [0.1, 0.15) is 30.5 Å². The molecule has 32 heavy (non-hydrogen) atoms. The minimum atomic E-state index is -0.357. The highest BCUT2D eigenvalue weighted by Crippen LogP contribution is 2.32. The van der Waals surface area contributed by atoms with E-state index in [1.165, 1.54) is 24.3 Å². The molecule has 0 saturated carbocycles. The van der Waals surface area contributed by atoms with E-state index >= 15 is 0 Å². The lowest BCUT2D eigenvalue weighted by molar-refractivity contribution is -0.123. The lowest BCUT2D eigenvalue weighted by atomic mass is 10.2. The Bertz CT molecular complexity index is 1110.